The summed E-state index contributed by atoms with van der Waals surface area (Å²) in [6, 6.07) is 14.1. The van der Waals surface area contributed by atoms with Crippen molar-refractivity contribution >= 4 is 17.7 Å². The molecule has 0 saturated carbocycles. The number of rotatable bonds is 6. The Hall–Kier alpha value is -4.20. The average molecular weight is 401 g/mol. The molecule has 0 radical (unpaired) electrons. The van der Waals surface area contributed by atoms with E-state index in [9.17, 15) is 4.79 Å². The molecular formula is C22H19N5O3. The number of aryl methyl sites for hydroxylation is 1. The second-order valence-electron chi connectivity index (χ2n) is 6.48. The van der Waals surface area contributed by atoms with Crippen molar-refractivity contribution in [2.75, 3.05) is 5.32 Å². The van der Waals surface area contributed by atoms with Crippen LogP contribution in [0.2, 0.25) is 0 Å². The summed E-state index contributed by atoms with van der Waals surface area (Å²) in [4.78, 5) is 16.2. The van der Waals surface area contributed by atoms with Crippen molar-refractivity contribution in [3.8, 4) is 17.4 Å². The molecular weight excluding hydrogens is 382 g/mol. The lowest BCUT2D eigenvalue weighted by atomic mass is 10.3. The van der Waals surface area contributed by atoms with E-state index in [-0.39, 0.29) is 5.91 Å². The third-order valence-corrected chi connectivity index (χ3v) is 4.41. The number of carbonyl (C=O) groups is 1. The Kier molecular flexibility index (Phi) is 5.38. The van der Waals surface area contributed by atoms with Gasteiger partial charge in [0.1, 0.15) is 17.8 Å². The van der Waals surface area contributed by atoms with Crippen molar-refractivity contribution < 1.29 is 13.9 Å². The van der Waals surface area contributed by atoms with Crippen molar-refractivity contribution in [1.29, 1.82) is 0 Å². The smallest absolute Gasteiger partial charge is 0.248 e. The lowest BCUT2D eigenvalue weighted by molar-refractivity contribution is -0.111. The Bertz CT molecular complexity index is 1160. The van der Waals surface area contributed by atoms with Gasteiger partial charge in [-0.25, -0.2) is 4.98 Å². The van der Waals surface area contributed by atoms with Gasteiger partial charge < -0.3 is 14.5 Å². The minimum atomic E-state index is -0.258. The van der Waals surface area contributed by atoms with Gasteiger partial charge in [-0.05, 0) is 62.4 Å². The second-order valence-corrected chi connectivity index (χ2v) is 6.48. The summed E-state index contributed by atoms with van der Waals surface area (Å²) in [7, 11) is 0. The molecule has 0 aliphatic heterocycles. The first-order valence-electron chi connectivity index (χ1n) is 9.23. The SMILES string of the molecule is Cc1ncn(-c2ccc(Oc3ccc(NC(=O)/C=C/c4ccco4)cc3)nn2)c1C. The Morgan fingerprint density at radius 2 is 1.93 bits per heavy atom. The van der Waals surface area contributed by atoms with E-state index in [1.165, 1.54) is 6.08 Å². The number of nitrogens with zero attached hydrogens (tertiary/aromatic N) is 4. The van der Waals surface area contributed by atoms with Crippen LogP contribution in [-0.2, 0) is 4.79 Å². The molecule has 1 amide bonds. The quantitative estimate of drug-likeness (QED) is 0.484. The minimum absolute atomic E-state index is 0.258. The zero-order valence-corrected chi connectivity index (χ0v) is 16.4. The molecule has 3 aromatic heterocycles. The van der Waals surface area contributed by atoms with Crippen molar-refractivity contribution in [2.45, 2.75) is 13.8 Å². The normalized spacial score (nSPS) is 11.0. The molecule has 0 fully saturated rings. The predicted octanol–water partition coefficient (Wildman–Crippen LogP) is 4.32. The number of anilines is 1. The van der Waals surface area contributed by atoms with Crippen LogP contribution in [-0.4, -0.2) is 25.7 Å². The molecule has 0 aliphatic carbocycles. The van der Waals surface area contributed by atoms with Crippen LogP contribution in [0.3, 0.4) is 0 Å². The monoisotopic (exact) mass is 401 g/mol. The van der Waals surface area contributed by atoms with Gasteiger partial charge in [-0.1, -0.05) is 0 Å². The maximum Gasteiger partial charge on any atom is 0.248 e. The maximum atomic E-state index is 12.0. The Balaban J connectivity index is 1.36. The largest absolute Gasteiger partial charge is 0.465 e. The topological polar surface area (TPSA) is 95.1 Å². The predicted molar refractivity (Wildman–Crippen MR) is 112 cm³/mol. The van der Waals surface area contributed by atoms with Gasteiger partial charge >= 0.3 is 0 Å². The van der Waals surface area contributed by atoms with E-state index in [4.69, 9.17) is 9.15 Å². The molecule has 150 valence electrons. The van der Waals surface area contributed by atoms with Crippen LogP contribution in [0.4, 0.5) is 5.69 Å². The van der Waals surface area contributed by atoms with Crippen molar-refractivity contribution in [3.05, 3.63) is 84.3 Å². The van der Waals surface area contributed by atoms with Crippen LogP contribution >= 0.6 is 0 Å². The minimum Gasteiger partial charge on any atom is -0.465 e. The van der Waals surface area contributed by atoms with E-state index in [0.29, 0.717) is 28.9 Å². The lowest BCUT2D eigenvalue weighted by Gasteiger charge is -2.07. The van der Waals surface area contributed by atoms with Crippen LogP contribution in [0.1, 0.15) is 17.1 Å². The molecule has 0 aliphatic rings. The molecule has 8 nitrogen and oxygen atoms in total. The molecule has 1 N–H and O–H groups in total. The zero-order chi connectivity index (χ0) is 20.9. The number of hydrogen-bond acceptors (Lipinski definition) is 6. The highest BCUT2D eigenvalue weighted by Gasteiger charge is 2.07. The molecule has 0 bridgehead atoms. The van der Waals surface area contributed by atoms with E-state index < -0.39 is 0 Å². The van der Waals surface area contributed by atoms with Gasteiger partial charge in [-0.3, -0.25) is 9.36 Å². The highest BCUT2D eigenvalue weighted by Crippen LogP contribution is 2.22. The first-order valence-corrected chi connectivity index (χ1v) is 9.23. The first kappa shape index (κ1) is 19.1. The van der Waals surface area contributed by atoms with Gasteiger partial charge in [0.05, 0.1) is 12.0 Å². The van der Waals surface area contributed by atoms with Crippen molar-refractivity contribution in [1.82, 2.24) is 19.7 Å². The summed E-state index contributed by atoms with van der Waals surface area (Å²) in [5, 5.41) is 11.1. The van der Waals surface area contributed by atoms with Crippen LogP contribution < -0.4 is 10.1 Å². The van der Waals surface area contributed by atoms with Gasteiger partial charge in [0.2, 0.25) is 11.8 Å². The summed E-state index contributed by atoms with van der Waals surface area (Å²) in [6.07, 6.45) is 6.27. The first-order chi connectivity index (χ1) is 14.6. The Morgan fingerprint density at radius 1 is 1.10 bits per heavy atom. The number of benzene rings is 1. The Labute approximate surface area is 172 Å². The van der Waals surface area contributed by atoms with Crippen LogP contribution in [0.15, 0.2) is 71.6 Å². The summed E-state index contributed by atoms with van der Waals surface area (Å²) < 4.78 is 12.7. The fourth-order valence-corrected chi connectivity index (χ4v) is 2.68. The average Bonchev–Trinajstić information content (AvgIpc) is 3.39. The molecule has 0 unspecified atom stereocenters. The standard InChI is InChI=1S/C22H19N5O3/c1-15-16(2)27(14-23-15)20-10-12-22(26-25-20)30-19-7-5-17(6-8-19)24-21(28)11-9-18-4-3-13-29-18/h3-14H,1-2H3,(H,24,28)/b11-9+. The summed E-state index contributed by atoms with van der Waals surface area (Å²) >= 11 is 0. The number of carbonyl (C=O) groups excluding carboxylic acids is 1. The fraction of sp³-hybridized carbons (Fsp3) is 0.0909. The number of aromatic nitrogens is 4. The van der Waals surface area contributed by atoms with Gasteiger partial charge in [0, 0.05) is 23.5 Å². The van der Waals surface area contributed by atoms with Gasteiger partial charge in [0.25, 0.3) is 0 Å². The molecule has 8 heteroatoms. The molecule has 1 aromatic carbocycles. The van der Waals surface area contributed by atoms with Gasteiger partial charge in [-0.15, -0.1) is 10.2 Å². The Morgan fingerprint density at radius 3 is 2.57 bits per heavy atom. The van der Waals surface area contributed by atoms with Gasteiger partial charge in [-0.2, -0.15) is 0 Å². The second kappa shape index (κ2) is 8.44. The summed E-state index contributed by atoms with van der Waals surface area (Å²) in [6.45, 7) is 3.92. The number of ether oxygens (including phenoxy) is 1. The van der Waals surface area contributed by atoms with Crippen LogP contribution in [0.5, 0.6) is 11.6 Å². The zero-order valence-electron chi connectivity index (χ0n) is 16.4. The van der Waals surface area contributed by atoms with Crippen molar-refractivity contribution in [2.24, 2.45) is 0 Å². The maximum absolute atomic E-state index is 12.0. The molecule has 0 spiro atoms. The molecule has 30 heavy (non-hydrogen) atoms. The van der Waals surface area contributed by atoms with Crippen LogP contribution in [0, 0.1) is 13.8 Å². The summed E-state index contributed by atoms with van der Waals surface area (Å²) in [5.74, 6) is 1.97. The lowest BCUT2D eigenvalue weighted by Crippen LogP contribution is -2.07. The molecule has 3 heterocycles. The third-order valence-electron chi connectivity index (χ3n) is 4.41. The number of furan rings is 1. The third kappa shape index (κ3) is 4.44. The highest BCUT2D eigenvalue weighted by atomic mass is 16.5. The van der Waals surface area contributed by atoms with E-state index >= 15 is 0 Å². The van der Waals surface area contributed by atoms with Crippen molar-refractivity contribution in [3.63, 3.8) is 0 Å². The van der Waals surface area contributed by atoms with Crippen LogP contribution in [0.25, 0.3) is 11.9 Å². The summed E-state index contributed by atoms with van der Waals surface area (Å²) in [5.41, 5.74) is 2.60. The molecule has 4 rings (SSSR count). The number of hydrogen-bond donors (Lipinski definition) is 1. The molecule has 0 atom stereocenters. The van der Waals surface area contributed by atoms with E-state index in [2.05, 4.69) is 20.5 Å². The molecule has 0 saturated heterocycles. The van der Waals surface area contributed by atoms with E-state index in [1.807, 2.05) is 24.5 Å². The fourth-order valence-electron chi connectivity index (χ4n) is 2.68. The number of amides is 1. The van der Waals surface area contributed by atoms with Gasteiger partial charge in [0.15, 0.2) is 5.82 Å². The number of imidazole rings is 1. The number of nitrogens with one attached hydrogen (secondary N) is 1. The van der Waals surface area contributed by atoms with E-state index in [0.717, 1.165) is 11.4 Å². The highest BCUT2D eigenvalue weighted by molar-refractivity contribution is 6.01. The molecule has 4 aromatic rings. The van der Waals surface area contributed by atoms with E-state index in [1.54, 1.807) is 61.1 Å².